The maximum absolute atomic E-state index is 5.26. The average molecular weight is 242 g/mol. The van der Waals surface area contributed by atoms with Gasteiger partial charge in [0.05, 0.1) is 10.7 Å². The molecule has 3 heteroatoms. The molecule has 17 heavy (non-hydrogen) atoms. The van der Waals surface area contributed by atoms with Crippen molar-refractivity contribution in [3.8, 4) is 0 Å². The van der Waals surface area contributed by atoms with Crippen molar-refractivity contribution in [2.75, 3.05) is 5.43 Å². The Morgan fingerprint density at radius 1 is 0.882 bits per heavy atom. The van der Waals surface area contributed by atoms with Crippen LogP contribution in [-0.2, 0) is 6.42 Å². The Morgan fingerprint density at radius 2 is 1.47 bits per heavy atom. The Balaban J connectivity index is 1.83. The molecule has 2 aromatic rings. The van der Waals surface area contributed by atoms with E-state index < -0.39 is 0 Å². The van der Waals surface area contributed by atoms with Crippen LogP contribution in [0.15, 0.2) is 60.7 Å². The molecule has 0 bridgehead atoms. The van der Waals surface area contributed by atoms with E-state index in [1.54, 1.807) is 0 Å². The van der Waals surface area contributed by atoms with Crippen molar-refractivity contribution < 1.29 is 0 Å². The molecule has 0 saturated carbocycles. The minimum Gasteiger partial charge on any atom is -0.300 e. The molecule has 2 N–H and O–H groups in total. The van der Waals surface area contributed by atoms with Crippen LogP contribution in [0.4, 0.5) is 5.69 Å². The summed E-state index contributed by atoms with van der Waals surface area (Å²) in [5, 5.41) is 0. The molecule has 0 spiro atoms. The Kier molecular flexibility index (Phi) is 4.11. The molecule has 2 nitrogen and oxygen atoms in total. The van der Waals surface area contributed by atoms with Crippen LogP contribution < -0.4 is 10.9 Å². The van der Waals surface area contributed by atoms with Crippen molar-refractivity contribution in [1.29, 1.82) is 0 Å². The molecular formula is C14H14N2S. The normalized spacial score (nSPS) is 9.65. The highest BCUT2D eigenvalue weighted by Gasteiger charge is 1.97. The SMILES string of the molecule is S=C(Cc1ccccc1)NNc1ccccc1. The summed E-state index contributed by atoms with van der Waals surface area (Å²) in [4.78, 5) is 0.778. The van der Waals surface area contributed by atoms with Crippen molar-refractivity contribution in [3.05, 3.63) is 66.2 Å². The molecule has 0 saturated heterocycles. The fourth-order valence-corrected chi connectivity index (χ4v) is 1.71. The predicted molar refractivity (Wildman–Crippen MR) is 75.9 cm³/mol. The fourth-order valence-electron chi connectivity index (χ4n) is 1.49. The van der Waals surface area contributed by atoms with Crippen molar-refractivity contribution in [3.63, 3.8) is 0 Å². The minimum atomic E-state index is 0.746. The van der Waals surface area contributed by atoms with Gasteiger partial charge in [-0.2, -0.15) is 0 Å². The first kappa shape index (κ1) is 11.6. The van der Waals surface area contributed by atoms with Crippen LogP contribution >= 0.6 is 12.2 Å². The van der Waals surface area contributed by atoms with Gasteiger partial charge in [0.2, 0.25) is 0 Å². The van der Waals surface area contributed by atoms with E-state index in [-0.39, 0.29) is 0 Å². The summed E-state index contributed by atoms with van der Waals surface area (Å²) in [6.07, 6.45) is 0.746. The number of para-hydroxylation sites is 1. The largest absolute Gasteiger partial charge is 0.300 e. The van der Waals surface area contributed by atoms with Gasteiger partial charge in [-0.1, -0.05) is 60.7 Å². The van der Waals surface area contributed by atoms with Crippen molar-refractivity contribution >= 4 is 22.9 Å². The molecule has 0 radical (unpaired) electrons. The van der Waals surface area contributed by atoms with Crippen LogP contribution in [0.25, 0.3) is 0 Å². The first-order chi connectivity index (χ1) is 8.34. The van der Waals surface area contributed by atoms with Gasteiger partial charge in [0.15, 0.2) is 0 Å². The summed E-state index contributed by atoms with van der Waals surface area (Å²) in [6.45, 7) is 0. The fraction of sp³-hybridized carbons (Fsp3) is 0.0714. The number of thiocarbonyl (C=S) groups is 1. The van der Waals surface area contributed by atoms with Gasteiger partial charge in [0, 0.05) is 6.42 Å². The molecule has 0 unspecified atom stereocenters. The quantitative estimate of drug-likeness (QED) is 0.636. The van der Waals surface area contributed by atoms with E-state index in [1.165, 1.54) is 5.56 Å². The number of benzene rings is 2. The standard InChI is InChI=1S/C14H14N2S/c17-14(11-12-7-3-1-4-8-12)16-15-13-9-5-2-6-10-13/h1-10,15H,11H2,(H,16,17). The maximum Gasteiger partial charge on any atom is 0.0983 e. The molecule has 0 aromatic heterocycles. The summed E-state index contributed by atoms with van der Waals surface area (Å²) in [5.74, 6) is 0. The lowest BCUT2D eigenvalue weighted by molar-refractivity contribution is 1.10. The van der Waals surface area contributed by atoms with Gasteiger partial charge < -0.3 is 5.43 Å². The molecule has 0 heterocycles. The third-order valence-electron chi connectivity index (χ3n) is 2.33. The monoisotopic (exact) mass is 242 g/mol. The number of rotatable bonds is 4. The van der Waals surface area contributed by atoms with Crippen LogP contribution in [-0.4, -0.2) is 4.99 Å². The van der Waals surface area contributed by atoms with E-state index in [1.807, 2.05) is 48.5 Å². The Labute approximate surface area is 107 Å². The molecular weight excluding hydrogens is 228 g/mol. The molecule has 0 aliphatic heterocycles. The van der Waals surface area contributed by atoms with E-state index in [0.29, 0.717) is 0 Å². The summed E-state index contributed by atoms with van der Waals surface area (Å²) in [7, 11) is 0. The summed E-state index contributed by atoms with van der Waals surface area (Å²) in [6, 6.07) is 20.1. The molecule has 0 aliphatic rings. The minimum absolute atomic E-state index is 0.746. The van der Waals surface area contributed by atoms with Crippen LogP contribution in [0.5, 0.6) is 0 Å². The average Bonchev–Trinajstić information content (AvgIpc) is 2.39. The second-order valence-corrected chi connectivity index (χ2v) is 4.19. The highest BCUT2D eigenvalue weighted by Crippen LogP contribution is 2.04. The van der Waals surface area contributed by atoms with Gasteiger partial charge in [-0.15, -0.1) is 0 Å². The zero-order chi connectivity index (χ0) is 11.9. The molecule has 0 atom stereocenters. The Morgan fingerprint density at radius 3 is 2.12 bits per heavy atom. The lowest BCUT2D eigenvalue weighted by atomic mass is 10.1. The van der Waals surface area contributed by atoms with E-state index in [0.717, 1.165) is 17.1 Å². The predicted octanol–water partition coefficient (Wildman–Crippen LogP) is 3.17. The van der Waals surface area contributed by atoms with Crippen molar-refractivity contribution in [2.45, 2.75) is 6.42 Å². The molecule has 2 rings (SSSR count). The van der Waals surface area contributed by atoms with Gasteiger partial charge in [-0.05, 0) is 17.7 Å². The molecule has 0 amide bonds. The molecule has 86 valence electrons. The zero-order valence-corrected chi connectivity index (χ0v) is 10.2. The van der Waals surface area contributed by atoms with Gasteiger partial charge in [-0.3, -0.25) is 5.43 Å². The maximum atomic E-state index is 5.26. The lowest BCUT2D eigenvalue weighted by Gasteiger charge is -2.10. The zero-order valence-electron chi connectivity index (χ0n) is 9.39. The first-order valence-corrected chi connectivity index (χ1v) is 5.89. The topological polar surface area (TPSA) is 24.1 Å². The number of nitrogens with one attached hydrogen (secondary N) is 2. The summed E-state index contributed by atoms with van der Waals surface area (Å²) < 4.78 is 0. The number of hydrazine groups is 1. The third kappa shape index (κ3) is 3.89. The molecule has 0 aliphatic carbocycles. The van der Waals surface area contributed by atoms with Crippen molar-refractivity contribution in [1.82, 2.24) is 5.43 Å². The Hall–Kier alpha value is -1.87. The second kappa shape index (κ2) is 6.01. The van der Waals surface area contributed by atoms with E-state index >= 15 is 0 Å². The van der Waals surface area contributed by atoms with Crippen molar-refractivity contribution in [2.24, 2.45) is 0 Å². The van der Waals surface area contributed by atoms with Crippen LogP contribution in [0.3, 0.4) is 0 Å². The smallest absolute Gasteiger partial charge is 0.0983 e. The van der Waals surface area contributed by atoms with E-state index in [9.17, 15) is 0 Å². The number of hydrogen-bond donors (Lipinski definition) is 2. The van der Waals surface area contributed by atoms with Crippen LogP contribution in [0, 0.1) is 0 Å². The number of hydrogen-bond acceptors (Lipinski definition) is 2. The third-order valence-corrected chi connectivity index (χ3v) is 2.57. The van der Waals surface area contributed by atoms with Gasteiger partial charge in [-0.25, -0.2) is 0 Å². The van der Waals surface area contributed by atoms with Gasteiger partial charge in [0.1, 0.15) is 0 Å². The van der Waals surface area contributed by atoms with Gasteiger partial charge >= 0.3 is 0 Å². The van der Waals surface area contributed by atoms with E-state index in [2.05, 4.69) is 23.0 Å². The van der Waals surface area contributed by atoms with Crippen LogP contribution in [0.2, 0.25) is 0 Å². The highest BCUT2D eigenvalue weighted by atomic mass is 32.1. The number of anilines is 1. The van der Waals surface area contributed by atoms with E-state index in [4.69, 9.17) is 12.2 Å². The summed E-state index contributed by atoms with van der Waals surface area (Å²) >= 11 is 5.26. The highest BCUT2D eigenvalue weighted by molar-refractivity contribution is 7.80. The summed E-state index contributed by atoms with van der Waals surface area (Å²) in [5.41, 5.74) is 8.31. The van der Waals surface area contributed by atoms with Crippen LogP contribution in [0.1, 0.15) is 5.56 Å². The first-order valence-electron chi connectivity index (χ1n) is 5.48. The Bertz CT molecular complexity index is 468. The lowest BCUT2D eigenvalue weighted by Crippen LogP contribution is -2.29. The second-order valence-electron chi connectivity index (χ2n) is 3.70. The van der Waals surface area contributed by atoms with Gasteiger partial charge in [0.25, 0.3) is 0 Å². The molecule has 0 fully saturated rings. The molecule has 2 aromatic carbocycles.